The molecule has 0 amide bonds. The fraction of sp³-hybridized carbons (Fsp3) is 1.00. The zero-order chi connectivity index (χ0) is 7.65. The zero-order valence-electron chi connectivity index (χ0n) is 7.60. The molecule has 0 atom stereocenters. The molecular formula is C8H20OS. The van der Waals surface area contributed by atoms with Gasteiger partial charge in [-0.3, -0.25) is 0 Å². The number of hydrogen-bond donors (Lipinski definition) is 1. The molecule has 0 fully saturated rings. The van der Waals surface area contributed by atoms with Crippen molar-refractivity contribution in [2.24, 2.45) is 11.8 Å². The maximum Gasteiger partial charge on any atom is 0.0665 e. The molecule has 0 radical (unpaired) electrons. The molecule has 0 aromatic heterocycles. The third-order valence-electron chi connectivity index (χ3n) is 2.34. The molecule has 0 saturated carbocycles. The summed E-state index contributed by atoms with van der Waals surface area (Å²) in [5, 5.41) is 9.67. The minimum Gasteiger partial charge on any atom is -0.390 e. The second-order valence-electron chi connectivity index (χ2n) is 3.54. The molecule has 1 nitrogen and oxygen atoms in total. The Hall–Kier alpha value is 0.310. The van der Waals surface area contributed by atoms with E-state index < -0.39 is 5.60 Å². The molecule has 0 heterocycles. The summed E-state index contributed by atoms with van der Waals surface area (Å²) in [6.45, 7) is 10.1. The molecule has 0 aliphatic carbocycles. The standard InChI is InChI=1S/C8H18O.H2S/c1-6(2)8(5,9)7(3)4;/h6-7,9H,1-5H3;1H2. The van der Waals surface area contributed by atoms with E-state index in [1.165, 1.54) is 0 Å². The summed E-state index contributed by atoms with van der Waals surface area (Å²) in [7, 11) is 0. The highest BCUT2D eigenvalue weighted by Crippen LogP contribution is 2.24. The summed E-state index contributed by atoms with van der Waals surface area (Å²) in [6.07, 6.45) is 0. The average Bonchev–Trinajstić information content (AvgIpc) is 1.65. The molecule has 64 valence electrons. The fourth-order valence-corrected chi connectivity index (χ4v) is 0.667. The van der Waals surface area contributed by atoms with Crippen molar-refractivity contribution in [2.75, 3.05) is 0 Å². The second kappa shape index (κ2) is 4.24. The van der Waals surface area contributed by atoms with Crippen molar-refractivity contribution in [3.8, 4) is 0 Å². The van der Waals surface area contributed by atoms with E-state index in [9.17, 15) is 5.11 Å². The van der Waals surface area contributed by atoms with Gasteiger partial charge in [0.2, 0.25) is 0 Å². The average molecular weight is 164 g/mol. The Morgan fingerprint density at radius 3 is 1.20 bits per heavy atom. The third kappa shape index (κ3) is 2.93. The summed E-state index contributed by atoms with van der Waals surface area (Å²) in [5.74, 6) is 0.690. The van der Waals surface area contributed by atoms with Crippen LogP contribution in [0.1, 0.15) is 34.6 Å². The first-order valence-electron chi connectivity index (χ1n) is 3.61. The molecule has 10 heavy (non-hydrogen) atoms. The quantitative estimate of drug-likeness (QED) is 0.663. The molecule has 0 spiro atoms. The van der Waals surface area contributed by atoms with Crippen LogP contribution in [0, 0.1) is 11.8 Å². The SMILES string of the molecule is CC(C)C(C)(O)C(C)C.S. The van der Waals surface area contributed by atoms with E-state index in [0.29, 0.717) is 11.8 Å². The minimum atomic E-state index is -0.500. The van der Waals surface area contributed by atoms with Gasteiger partial charge in [-0.05, 0) is 18.8 Å². The van der Waals surface area contributed by atoms with Crippen molar-refractivity contribution < 1.29 is 5.11 Å². The van der Waals surface area contributed by atoms with Gasteiger partial charge in [-0.25, -0.2) is 0 Å². The molecule has 0 aromatic rings. The van der Waals surface area contributed by atoms with Crippen LogP contribution in [0.2, 0.25) is 0 Å². The summed E-state index contributed by atoms with van der Waals surface area (Å²) < 4.78 is 0. The first-order valence-corrected chi connectivity index (χ1v) is 3.61. The van der Waals surface area contributed by atoms with Crippen molar-refractivity contribution in [1.29, 1.82) is 0 Å². The molecule has 0 aromatic carbocycles. The van der Waals surface area contributed by atoms with Crippen molar-refractivity contribution in [1.82, 2.24) is 0 Å². The van der Waals surface area contributed by atoms with Crippen molar-refractivity contribution in [2.45, 2.75) is 40.2 Å². The first-order chi connectivity index (χ1) is 3.89. The van der Waals surface area contributed by atoms with Gasteiger partial charge in [0.05, 0.1) is 5.60 Å². The normalized spacial score (nSPS) is 12.0. The Bertz CT molecular complexity index is 77.3. The fourth-order valence-electron chi connectivity index (χ4n) is 0.667. The van der Waals surface area contributed by atoms with Crippen LogP contribution in [0.3, 0.4) is 0 Å². The summed E-state index contributed by atoms with van der Waals surface area (Å²) in [6, 6.07) is 0. The van der Waals surface area contributed by atoms with E-state index in [2.05, 4.69) is 0 Å². The molecule has 0 bridgehead atoms. The molecule has 2 heteroatoms. The highest BCUT2D eigenvalue weighted by molar-refractivity contribution is 7.59. The number of aliphatic hydroxyl groups is 1. The summed E-state index contributed by atoms with van der Waals surface area (Å²) >= 11 is 0. The summed E-state index contributed by atoms with van der Waals surface area (Å²) in [4.78, 5) is 0. The van der Waals surface area contributed by atoms with Gasteiger partial charge < -0.3 is 5.11 Å². The van der Waals surface area contributed by atoms with Crippen LogP contribution in [0.5, 0.6) is 0 Å². The Morgan fingerprint density at radius 1 is 1.00 bits per heavy atom. The van der Waals surface area contributed by atoms with Gasteiger partial charge in [0.15, 0.2) is 0 Å². The van der Waals surface area contributed by atoms with E-state index in [-0.39, 0.29) is 13.5 Å². The lowest BCUT2D eigenvalue weighted by atomic mass is 9.82. The maximum atomic E-state index is 9.67. The van der Waals surface area contributed by atoms with Crippen LogP contribution in [0.25, 0.3) is 0 Å². The Kier molecular flexibility index (Phi) is 5.49. The van der Waals surface area contributed by atoms with E-state index in [1.807, 2.05) is 34.6 Å². The highest BCUT2D eigenvalue weighted by atomic mass is 32.1. The smallest absolute Gasteiger partial charge is 0.0665 e. The number of hydrogen-bond acceptors (Lipinski definition) is 1. The van der Waals surface area contributed by atoms with Gasteiger partial charge in [0, 0.05) is 0 Å². The van der Waals surface area contributed by atoms with Crippen molar-refractivity contribution >= 4 is 13.5 Å². The zero-order valence-corrected chi connectivity index (χ0v) is 8.60. The van der Waals surface area contributed by atoms with Crippen LogP contribution in [0.4, 0.5) is 0 Å². The van der Waals surface area contributed by atoms with Crippen LogP contribution in [-0.4, -0.2) is 10.7 Å². The third-order valence-corrected chi connectivity index (χ3v) is 2.34. The largest absolute Gasteiger partial charge is 0.390 e. The molecule has 0 aliphatic heterocycles. The van der Waals surface area contributed by atoms with Gasteiger partial charge in [-0.15, -0.1) is 0 Å². The van der Waals surface area contributed by atoms with Gasteiger partial charge in [-0.2, -0.15) is 13.5 Å². The highest BCUT2D eigenvalue weighted by Gasteiger charge is 2.28. The molecule has 0 saturated heterocycles. The van der Waals surface area contributed by atoms with Gasteiger partial charge in [0.25, 0.3) is 0 Å². The van der Waals surface area contributed by atoms with Gasteiger partial charge >= 0.3 is 0 Å². The topological polar surface area (TPSA) is 20.2 Å². The van der Waals surface area contributed by atoms with Gasteiger partial charge in [0.1, 0.15) is 0 Å². The Morgan fingerprint density at radius 2 is 1.20 bits per heavy atom. The Balaban J connectivity index is 0. The van der Waals surface area contributed by atoms with E-state index in [1.54, 1.807) is 0 Å². The van der Waals surface area contributed by atoms with Crippen molar-refractivity contribution in [3.05, 3.63) is 0 Å². The molecule has 1 N–H and O–H groups in total. The van der Waals surface area contributed by atoms with Gasteiger partial charge in [-0.1, -0.05) is 27.7 Å². The van der Waals surface area contributed by atoms with Crippen LogP contribution < -0.4 is 0 Å². The minimum absolute atomic E-state index is 0. The van der Waals surface area contributed by atoms with E-state index >= 15 is 0 Å². The van der Waals surface area contributed by atoms with Crippen LogP contribution >= 0.6 is 13.5 Å². The molecule has 0 rings (SSSR count). The predicted molar refractivity (Wildman–Crippen MR) is 50.7 cm³/mol. The maximum absolute atomic E-state index is 9.67. The second-order valence-corrected chi connectivity index (χ2v) is 3.54. The predicted octanol–water partition coefficient (Wildman–Crippen LogP) is 2.16. The van der Waals surface area contributed by atoms with E-state index in [0.717, 1.165) is 0 Å². The lowest BCUT2D eigenvalue weighted by Gasteiger charge is -2.31. The first kappa shape index (κ1) is 12.9. The molecule has 0 aliphatic rings. The van der Waals surface area contributed by atoms with Crippen molar-refractivity contribution in [3.63, 3.8) is 0 Å². The van der Waals surface area contributed by atoms with E-state index in [4.69, 9.17) is 0 Å². The lowest BCUT2D eigenvalue weighted by molar-refractivity contribution is -0.0289. The molecule has 0 unspecified atom stereocenters. The number of rotatable bonds is 2. The summed E-state index contributed by atoms with van der Waals surface area (Å²) in [5.41, 5.74) is -0.500. The monoisotopic (exact) mass is 164 g/mol. The van der Waals surface area contributed by atoms with Crippen LogP contribution in [-0.2, 0) is 0 Å². The van der Waals surface area contributed by atoms with Crippen LogP contribution in [0.15, 0.2) is 0 Å². The lowest BCUT2D eigenvalue weighted by Crippen LogP contribution is -2.36. The molecular weight excluding hydrogens is 144 g/mol. The Labute approximate surface area is 71.3 Å².